The molecule has 1 aromatic rings. The maximum absolute atomic E-state index is 10.7. The average molecular weight is 144 g/mol. The van der Waals surface area contributed by atoms with Gasteiger partial charge in [0.1, 0.15) is 13.6 Å². The minimum atomic E-state index is 0.176. The number of carbonyl (C=O) groups is 1. The molecule has 1 aromatic carbocycles. The topological polar surface area (TPSA) is 17.1 Å². The number of rotatable bonds is 2. The highest BCUT2D eigenvalue weighted by atomic mass is 16.1. The first-order chi connectivity index (χ1) is 5.18. The molecule has 0 amide bonds. The van der Waals surface area contributed by atoms with E-state index >= 15 is 0 Å². The maximum Gasteiger partial charge on any atom is 0.134 e. The fraction of sp³-hybridized carbons (Fsp3) is 0.222. The van der Waals surface area contributed by atoms with Crippen LogP contribution in [0, 0.1) is 0 Å². The van der Waals surface area contributed by atoms with E-state index in [2.05, 4.69) is 0 Å². The molecule has 0 N–H and O–H groups in total. The van der Waals surface area contributed by atoms with Crippen molar-refractivity contribution >= 4 is 19.1 Å². The number of carbonyl (C=O) groups excluding carboxylic acids is 1. The van der Waals surface area contributed by atoms with Gasteiger partial charge in [0.25, 0.3) is 0 Å². The highest BCUT2D eigenvalue weighted by Gasteiger charge is 1.95. The van der Waals surface area contributed by atoms with E-state index in [1.54, 1.807) is 19.1 Å². The SMILES string of the molecule is [B]c1ccc(CC(C)=O)cc1. The first-order valence-corrected chi connectivity index (χ1v) is 3.52. The van der Waals surface area contributed by atoms with Crippen LogP contribution in [0.2, 0.25) is 0 Å². The summed E-state index contributed by atoms with van der Waals surface area (Å²) in [5, 5.41) is 0. The molecule has 0 aliphatic rings. The van der Waals surface area contributed by atoms with E-state index in [4.69, 9.17) is 7.85 Å². The molecule has 0 aliphatic heterocycles. The molecule has 0 aromatic heterocycles. The zero-order chi connectivity index (χ0) is 8.27. The predicted molar refractivity (Wildman–Crippen MR) is 46.2 cm³/mol. The molecule has 0 spiro atoms. The third kappa shape index (κ3) is 2.58. The van der Waals surface area contributed by atoms with Crippen LogP contribution in [-0.4, -0.2) is 13.6 Å². The van der Waals surface area contributed by atoms with Gasteiger partial charge in [-0.2, -0.15) is 0 Å². The molecule has 0 unspecified atom stereocenters. The monoisotopic (exact) mass is 144 g/mol. The van der Waals surface area contributed by atoms with Crippen LogP contribution in [0.25, 0.3) is 0 Å². The second-order valence-electron chi connectivity index (χ2n) is 2.62. The van der Waals surface area contributed by atoms with Crippen molar-refractivity contribution in [3.8, 4) is 0 Å². The van der Waals surface area contributed by atoms with Gasteiger partial charge in [0, 0.05) is 6.42 Å². The van der Waals surface area contributed by atoms with Crippen molar-refractivity contribution < 1.29 is 4.79 Å². The van der Waals surface area contributed by atoms with E-state index in [1.165, 1.54) is 0 Å². The van der Waals surface area contributed by atoms with Gasteiger partial charge >= 0.3 is 0 Å². The third-order valence-electron chi connectivity index (χ3n) is 1.43. The van der Waals surface area contributed by atoms with Crippen molar-refractivity contribution in [1.82, 2.24) is 0 Å². The molecule has 0 saturated heterocycles. The Morgan fingerprint density at radius 2 is 1.91 bits per heavy atom. The zero-order valence-electron chi connectivity index (χ0n) is 6.50. The molecule has 54 valence electrons. The molecule has 2 radical (unpaired) electrons. The molecule has 0 bridgehead atoms. The second kappa shape index (κ2) is 3.38. The van der Waals surface area contributed by atoms with Crippen molar-refractivity contribution in [1.29, 1.82) is 0 Å². The van der Waals surface area contributed by atoms with Gasteiger partial charge in [-0.05, 0) is 12.5 Å². The Morgan fingerprint density at radius 3 is 2.36 bits per heavy atom. The van der Waals surface area contributed by atoms with E-state index in [1.807, 2.05) is 12.1 Å². The van der Waals surface area contributed by atoms with Crippen LogP contribution in [0.15, 0.2) is 24.3 Å². The minimum absolute atomic E-state index is 0.176. The molecule has 0 saturated carbocycles. The summed E-state index contributed by atoms with van der Waals surface area (Å²) in [6.45, 7) is 1.58. The van der Waals surface area contributed by atoms with Gasteiger partial charge in [0.2, 0.25) is 0 Å². The van der Waals surface area contributed by atoms with E-state index in [-0.39, 0.29) is 5.78 Å². The molecular weight excluding hydrogens is 135 g/mol. The van der Waals surface area contributed by atoms with Gasteiger partial charge in [0.05, 0.1) is 0 Å². The van der Waals surface area contributed by atoms with Gasteiger partial charge in [0.15, 0.2) is 0 Å². The zero-order valence-corrected chi connectivity index (χ0v) is 6.50. The van der Waals surface area contributed by atoms with Crippen molar-refractivity contribution in [2.24, 2.45) is 0 Å². The average Bonchev–Trinajstić information content (AvgIpc) is 1.93. The van der Waals surface area contributed by atoms with Crippen LogP contribution in [0.5, 0.6) is 0 Å². The summed E-state index contributed by atoms with van der Waals surface area (Å²) in [5.74, 6) is 0.176. The lowest BCUT2D eigenvalue weighted by Crippen LogP contribution is -2.02. The lowest BCUT2D eigenvalue weighted by Gasteiger charge is -1.97. The molecule has 1 rings (SSSR count). The predicted octanol–water partition coefficient (Wildman–Crippen LogP) is 0.612. The number of Topliss-reactive ketones (excluding diaryl/α,β-unsaturated/α-hetero) is 1. The second-order valence-corrected chi connectivity index (χ2v) is 2.62. The van der Waals surface area contributed by atoms with Gasteiger partial charge in [-0.3, -0.25) is 4.79 Å². The molecule has 0 fully saturated rings. The van der Waals surface area contributed by atoms with Crippen LogP contribution in [0.3, 0.4) is 0 Å². The van der Waals surface area contributed by atoms with E-state index in [9.17, 15) is 4.79 Å². The van der Waals surface area contributed by atoms with Crippen LogP contribution in [0.1, 0.15) is 12.5 Å². The summed E-state index contributed by atoms with van der Waals surface area (Å²) in [6, 6.07) is 7.35. The van der Waals surface area contributed by atoms with Gasteiger partial charge in [-0.25, -0.2) is 0 Å². The summed E-state index contributed by atoms with van der Waals surface area (Å²) >= 11 is 0. The quantitative estimate of drug-likeness (QED) is 0.555. The third-order valence-corrected chi connectivity index (χ3v) is 1.43. The molecule has 0 heterocycles. The van der Waals surface area contributed by atoms with Gasteiger partial charge < -0.3 is 0 Å². The standard InChI is InChI=1S/C9H9BO/c1-7(11)6-8-2-4-9(10)5-3-8/h2-5H,6H2,1H3. The highest BCUT2D eigenvalue weighted by molar-refractivity contribution is 6.32. The first kappa shape index (κ1) is 8.06. The Labute approximate surface area is 67.8 Å². The Morgan fingerprint density at radius 1 is 1.36 bits per heavy atom. The maximum atomic E-state index is 10.7. The smallest absolute Gasteiger partial charge is 0.134 e. The number of benzene rings is 1. The lowest BCUT2D eigenvalue weighted by molar-refractivity contribution is -0.116. The van der Waals surface area contributed by atoms with Crippen LogP contribution >= 0.6 is 0 Å². The Hall–Kier alpha value is -1.05. The minimum Gasteiger partial charge on any atom is -0.300 e. The molecule has 2 heteroatoms. The number of ketones is 1. The fourth-order valence-corrected chi connectivity index (χ4v) is 0.923. The van der Waals surface area contributed by atoms with Crippen molar-refractivity contribution in [2.45, 2.75) is 13.3 Å². The van der Waals surface area contributed by atoms with Crippen molar-refractivity contribution in [3.05, 3.63) is 29.8 Å². The molecule has 0 aliphatic carbocycles. The largest absolute Gasteiger partial charge is 0.300 e. The summed E-state index contributed by atoms with van der Waals surface area (Å²) < 4.78 is 0. The number of hydrogen-bond donors (Lipinski definition) is 0. The van der Waals surface area contributed by atoms with Gasteiger partial charge in [-0.1, -0.05) is 29.7 Å². The number of hydrogen-bond acceptors (Lipinski definition) is 1. The Bertz CT molecular complexity index is 251. The van der Waals surface area contributed by atoms with Crippen LogP contribution in [0.4, 0.5) is 0 Å². The van der Waals surface area contributed by atoms with E-state index < -0.39 is 0 Å². The molecule has 11 heavy (non-hydrogen) atoms. The van der Waals surface area contributed by atoms with Gasteiger partial charge in [-0.15, -0.1) is 0 Å². The summed E-state index contributed by atoms with van der Waals surface area (Å²) in [7, 11) is 5.47. The summed E-state index contributed by atoms with van der Waals surface area (Å²) in [6.07, 6.45) is 0.500. The van der Waals surface area contributed by atoms with Crippen molar-refractivity contribution in [2.75, 3.05) is 0 Å². The van der Waals surface area contributed by atoms with E-state index in [0.717, 1.165) is 11.0 Å². The van der Waals surface area contributed by atoms with E-state index in [0.29, 0.717) is 6.42 Å². The highest BCUT2D eigenvalue weighted by Crippen LogP contribution is 1.97. The first-order valence-electron chi connectivity index (χ1n) is 3.52. The normalized spacial score (nSPS) is 9.55. The summed E-state index contributed by atoms with van der Waals surface area (Å²) in [4.78, 5) is 10.7. The van der Waals surface area contributed by atoms with Crippen molar-refractivity contribution in [3.63, 3.8) is 0 Å². The molecule has 1 nitrogen and oxygen atoms in total. The lowest BCUT2D eigenvalue weighted by atomic mass is 9.94. The van der Waals surface area contributed by atoms with Crippen LogP contribution in [-0.2, 0) is 11.2 Å². The van der Waals surface area contributed by atoms with Crippen LogP contribution < -0.4 is 5.46 Å². The summed E-state index contributed by atoms with van der Waals surface area (Å²) in [5.41, 5.74) is 1.75. The molecular formula is C9H9BO. The Kier molecular flexibility index (Phi) is 2.47. The fourth-order valence-electron chi connectivity index (χ4n) is 0.923. The molecule has 0 atom stereocenters. The Balaban J connectivity index is 2.74.